The van der Waals surface area contributed by atoms with E-state index >= 15 is 0 Å². The Labute approximate surface area is 125 Å². The average molecular weight is 305 g/mol. The van der Waals surface area contributed by atoms with Crippen molar-refractivity contribution in [1.29, 1.82) is 0 Å². The van der Waals surface area contributed by atoms with Crippen LogP contribution in [0.15, 0.2) is 0 Å². The first-order valence-corrected chi connectivity index (χ1v) is 9.38. The van der Waals surface area contributed by atoms with Gasteiger partial charge in [0, 0.05) is 26.3 Å². The molecule has 0 rings (SSSR count). The number of hydrogen-bond acceptors (Lipinski definition) is 3. The quantitative estimate of drug-likeness (QED) is 0.444. The maximum Gasteiger partial charge on any atom is 0.407 e. The Bertz CT molecular complexity index is 247. The molecule has 0 aromatic rings. The molecule has 0 saturated heterocycles. The molecule has 0 aromatic heterocycles. The summed E-state index contributed by atoms with van der Waals surface area (Å²) in [5.41, 5.74) is 0.511. The van der Waals surface area contributed by atoms with Crippen molar-refractivity contribution in [3.63, 3.8) is 0 Å². The van der Waals surface area contributed by atoms with Crippen LogP contribution in [0, 0.1) is 0 Å². The summed E-state index contributed by atoms with van der Waals surface area (Å²) in [5, 5.41) is 8.91. The maximum absolute atomic E-state index is 10.8. The summed E-state index contributed by atoms with van der Waals surface area (Å²) in [6, 6.07) is 0. The van der Waals surface area contributed by atoms with Gasteiger partial charge in [-0.25, -0.2) is 4.79 Å². The molecule has 6 heteroatoms. The molecule has 1 N–H and O–H groups in total. The van der Waals surface area contributed by atoms with Crippen molar-refractivity contribution in [1.82, 2.24) is 4.90 Å². The minimum Gasteiger partial charge on any atom is -0.465 e. The van der Waals surface area contributed by atoms with E-state index in [0.717, 1.165) is 38.9 Å². The van der Waals surface area contributed by atoms with Crippen LogP contribution in [0.5, 0.6) is 0 Å². The number of hydrogen-bond donors (Lipinski definition) is 1. The fourth-order valence-corrected chi connectivity index (χ4v) is 4.09. The molecule has 0 aromatic carbocycles. The van der Waals surface area contributed by atoms with E-state index in [4.69, 9.17) is 14.0 Å². The van der Waals surface area contributed by atoms with E-state index in [9.17, 15) is 4.79 Å². The molecule has 0 heterocycles. The van der Waals surface area contributed by atoms with Crippen LogP contribution in [0.4, 0.5) is 4.79 Å². The van der Waals surface area contributed by atoms with Gasteiger partial charge in [-0.3, -0.25) is 0 Å². The topological polar surface area (TPSA) is 59.0 Å². The Balaban J connectivity index is 3.79. The number of carbonyl (C=O) groups is 1. The van der Waals surface area contributed by atoms with Crippen molar-refractivity contribution in [3.8, 4) is 0 Å². The molecule has 1 unspecified atom stereocenters. The summed E-state index contributed by atoms with van der Waals surface area (Å²) in [7, 11) is -1.53. The van der Waals surface area contributed by atoms with Crippen molar-refractivity contribution < 1.29 is 18.8 Å². The fourth-order valence-electron chi connectivity index (χ4n) is 2.18. The van der Waals surface area contributed by atoms with Crippen LogP contribution in [0.2, 0.25) is 5.54 Å². The lowest BCUT2D eigenvalue weighted by molar-refractivity contribution is 0.146. The minimum atomic E-state index is -1.53. The predicted molar refractivity (Wildman–Crippen MR) is 83.6 cm³/mol. The Morgan fingerprint density at radius 3 is 2.20 bits per heavy atom. The monoisotopic (exact) mass is 305 g/mol. The van der Waals surface area contributed by atoms with Crippen molar-refractivity contribution in [2.75, 3.05) is 26.3 Å². The zero-order chi connectivity index (χ0) is 15.4. The van der Waals surface area contributed by atoms with E-state index in [-0.39, 0.29) is 0 Å². The normalized spacial score (nSPS) is 12.7. The van der Waals surface area contributed by atoms with Gasteiger partial charge in [0.1, 0.15) is 0 Å². The standard InChI is InChI=1S/C14H31NO4Si/c1-5-15(14(16)17)12-10-8-9-11-13(4)20(18-6-2)19-7-3/h13,20H,5-12H2,1-4H3,(H,16,17). The van der Waals surface area contributed by atoms with E-state index in [1.807, 2.05) is 20.8 Å². The van der Waals surface area contributed by atoms with Crippen molar-refractivity contribution >= 4 is 15.4 Å². The first-order chi connectivity index (χ1) is 9.56. The fraction of sp³-hybridized carbons (Fsp3) is 0.929. The van der Waals surface area contributed by atoms with Gasteiger partial charge in [0.15, 0.2) is 0 Å². The lowest BCUT2D eigenvalue weighted by Gasteiger charge is -2.21. The molecule has 0 aliphatic heterocycles. The maximum atomic E-state index is 10.8. The molecule has 20 heavy (non-hydrogen) atoms. The molecule has 0 bridgehead atoms. The number of unbranched alkanes of at least 4 members (excludes halogenated alkanes) is 2. The molecule has 5 nitrogen and oxygen atoms in total. The molecule has 1 atom stereocenters. The van der Waals surface area contributed by atoms with Crippen LogP contribution in [-0.4, -0.2) is 51.7 Å². The number of amides is 1. The van der Waals surface area contributed by atoms with Crippen molar-refractivity contribution in [2.24, 2.45) is 0 Å². The summed E-state index contributed by atoms with van der Waals surface area (Å²) < 4.78 is 11.4. The van der Waals surface area contributed by atoms with Gasteiger partial charge in [-0.05, 0) is 39.2 Å². The third kappa shape index (κ3) is 8.55. The van der Waals surface area contributed by atoms with Crippen LogP contribution >= 0.6 is 0 Å². The van der Waals surface area contributed by atoms with Gasteiger partial charge >= 0.3 is 15.4 Å². The summed E-state index contributed by atoms with van der Waals surface area (Å²) >= 11 is 0. The first-order valence-electron chi connectivity index (χ1n) is 7.77. The number of nitrogens with zero attached hydrogens (tertiary/aromatic N) is 1. The SMILES string of the molecule is CCO[SiH](OCC)C(C)CCCCCN(CC)C(=O)O. The van der Waals surface area contributed by atoms with Crippen molar-refractivity contribution in [2.45, 2.75) is 58.9 Å². The molecular weight excluding hydrogens is 274 g/mol. The lowest BCUT2D eigenvalue weighted by Crippen LogP contribution is -2.30. The zero-order valence-electron chi connectivity index (χ0n) is 13.4. The van der Waals surface area contributed by atoms with E-state index in [1.165, 1.54) is 4.90 Å². The summed E-state index contributed by atoms with van der Waals surface area (Å²) in [4.78, 5) is 12.3. The second kappa shape index (κ2) is 12.2. The molecule has 0 aliphatic carbocycles. The molecule has 0 saturated carbocycles. The highest BCUT2D eigenvalue weighted by Crippen LogP contribution is 2.20. The zero-order valence-corrected chi connectivity index (χ0v) is 14.6. The summed E-state index contributed by atoms with van der Waals surface area (Å²) in [6.45, 7) is 10.8. The lowest BCUT2D eigenvalue weighted by atomic mass is 10.1. The molecular formula is C14H31NO4Si. The molecule has 0 aliphatic rings. The van der Waals surface area contributed by atoms with Crippen LogP contribution in [0.1, 0.15) is 53.4 Å². The Morgan fingerprint density at radius 2 is 1.75 bits per heavy atom. The highest BCUT2D eigenvalue weighted by atomic mass is 28.3. The van der Waals surface area contributed by atoms with Gasteiger partial charge in [-0.2, -0.15) is 0 Å². The second-order valence-electron chi connectivity index (χ2n) is 4.97. The largest absolute Gasteiger partial charge is 0.465 e. The van der Waals surface area contributed by atoms with Gasteiger partial charge in [-0.15, -0.1) is 0 Å². The van der Waals surface area contributed by atoms with Gasteiger partial charge in [0.2, 0.25) is 0 Å². The summed E-state index contributed by atoms with van der Waals surface area (Å²) in [6.07, 6.45) is 3.40. The van der Waals surface area contributed by atoms with Gasteiger partial charge in [0.05, 0.1) is 0 Å². The minimum absolute atomic E-state index is 0.511. The summed E-state index contributed by atoms with van der Waals surface area (Å²) in [5.74, 6) is 0. The highest BCUT2D eigenvalue weighted by Gasteiger charge is 2.20. The molecule has 0 spiro atoms. The third-order valence-corrected chi connectivity index (χ3v) is 5.95. The Hall–Kier alpha value is -0.593. The Kier molecular flexibility index (Phi) is 11.8. The molecule has 0 radical (unpaired) electrons. The highest BCUT2D eigenvalue weighted by molar-refractivity contribution is 6.46. The van der Waals surface area contributed by atoms with Crippen LogP contribution in [0.25, 0.3) is 0 Å². The number of carboxylic acid groups (broad SMARTS) is 1. The Morgan fingerprint density at radius 1 is 1.15 bits per heavy atom. The molecule has 1 amide bonds. The van der Waals surface area contributed by atoms with Gasteiger partial charge in [0.25, 0.3) is 0 Å². The van der Waals surface area contributed by atoms with Gasteiger partial charge < -0.3 is 18.9 Å². The van der Waals surface area contributed by atoms with Crippen molar-refractivity contribution in [3.05, 3.63) is 0 Å². The average Bonchev–Trinajstić information content (AvgIpc) is 2.41. The second-order valence-corrected chi connectivity index (χ2v) is 7.51. The smallest absolute Gasteiger partial charge is 0.407 e. The number of rotatable bonds is 12. The predicted octanol–water partition coefficient (Wildman–Crippen LogP) is 3.23. The van der Waals surface area contributed by atoms with Crippen LogP contribution in [0.3, 0.4) is 0 Å². The van der Waals surface area contributed by atoms with Crippen LogP contribution < -0.4 is 0 Å². The van der Waals surface area contributed by atoms with Crippen LogP contribution in [-0.2, 0) is 8.85 Å². The van der Waals surface area contributed by atoms with E-state index in [1.54, 1.807) is 0 Å². The van der Waals surface area contributed by atoms with E-state index in [0.29, 0.717) is 18.6 Å². The van der Waals surface area contributed by atoms with E-state index in [2.05, 4.69) is 6.92 Å². The molecule has 0 fully saturated rings. The molecule has 120 valence electrons. The third-order valence-electron chi connectivity index (χ3n) is 3.37. The van der Waals surface area contributed by atoms with E-state index < -0.39 is 15.4 Å². The first kappa shape index (κ1) is 19.4. The van der Waals surface area contributed by atoms with Gasteiger partial charge in [-0.1, -0.05) is 19.8 Å².